The molecule has 2 aliphatic heterocycles. The maximum atomic E-state index is 12.2. The highest BCUT2D eigenvalue weighted by molar-refractivity contribution is 5.70. The Morgan fingerprint density at radius 2 is 0.732 bits per heavy atom. The molecule has 0 radical (unpaired) electrons. The van der Waals surface area contributed by atoms with Crippen LogP contribution in [-0.4, -0.2) is 122 Å². The summed E-state index contributed by atoms with van der Waals surface area (Å²) in [5, 5.41) is 0. The van der Waals surface area contributed by atoms with Crippen molar-refractivity contribution in [3.05, 3.63) is 35.4 Å². The second kappa shape index (κ2) is 20.6. The molecule has 0 amide bonds. The average molecular weight is 787 g/mol. The molecule has 0 unspecified atom stereocenters. The topological polar surface area (TPSA) is 229 Å². The van der Waals surface area contributed by atoms with E-state index in [-0.39, 0.29) is 11.1 Å². The summed E-state index contributed by atoms with van der Waals surface area (Å²) in [7, 11) is 0. The van der Waals surface area contributed by atoms with Crippen LogP contribution in [0.3, 0.4) is 0 Å². The summed E-state index contributed by atoms with van der Waals surface area (Å²) >= 11 is 0. The van der Waals surface area contributed by atoms with E-state index in [9.17, 15) is 38.4 Å². The van der Waals surface area contributed by atoms with E-state index in [1.165, 1.54) is 0 Å². The van der Waals surface area contributed by atoms with Crippen LogP contribution in [0.15, 0.2) is 24.3 Å². The van der Waals surface area contributed by atoms with Gasteiger partial charge in [-0.1, -0.05) is 35.8 Å². The molecule has 0 aromatic heterocycles. The normalized spacial score (nSPS) is 26.5. The van der Waals surface area contributed by atoms with Crippen LogP contribution in [-0.2, 0) is 85.7 Å². The van der Waals surface area contributed by atoms with E-state index < -0.39 is 122 Å². The summed E-state index contributed by atoms with van der Waals surface area (Å²) in [5.74, 6) is 5.29. The van der Waals surface area contributed by atoms with E-state index >= 15 is 0 Å². The lowest BCUT2D eigenvalue weighted by Crippen LogP contribution is -2.62. The molecule has 0 saturated carbocycles. The van der Waals surface area contributed by atoms with Crippen LogP contribution >= 0.6 is 0 Å². The minimum Gasteiger partial charge on any atom is -0.463 e. The van der Waals surface area contributed by atoms with Crippen LogP contribution in [0.25, 0.3) is 0 Å². The third kappa shape index (κ3) is 13.4. The van der Waals surface area contributed by atoms with Crippen molar-refractivity contribution in [3.63, 3.8) is 0 Å². The summed E-state index contributed by atoms with van der Waals surface area (Å²) < 4.78 is 55.0. The fourth-order valence-corrected chi connectivity index (χ4v) is 5.69. The highest BCUT2D eigenvalue weighted by Crippen LogP contribution is 2.31. The van der Waals surface area contributed by atoms with Crippen molar-refractivity contribution in [2.45, 2.75) is 116 Å². The maximum Gasteiger partial charge on any atom is 0.303 e. The van der Waals surface area contributed by atoms with Gasteiger partial charge in [0.25, 0.3) is 0 Å². The van der Waals surface area contributed by atoms with E-state index in [1.54, 1.807) is 24.3 Å². The van der Waals surface area contributed by atoms with Gasteiger partial charge in [0.2, 0.25) is 0 Å². The Balaban J connectivity index is 2.12. The Morgan fingerprint density at radius 1 is 0.446 bits per heavy atom. The van der Waals surface area contributed by atoms with Gasteiger partial charge in [-0.25, -0.2) is 0 Å². The van der Waals surface area contributed by atoms with Gasteiger partial charge in [0.05, 0.1) is 0 Å². The van der Waals surface area contributed by atoms with Crippen molar-refractivity contribution in [2.75, 3.05) is 13.2 Å². The number of ether oxygens (including phenoxy) is 10. The molecule has 2 saturated heterocycles. The number of carbonyl (C=O) groups excluding carboxylic acids is 8. The fourth-order valence-electron chi connectivity index (χ4n) is 5.69. The minimum absolute atomic E-state index is 0.276. The summed E-state index contributed by atoms with van der Waals surface area (Å²) in [6.07, 6.45) is -13.6. The zero-order valence-electron chi connectivity index (χ0n) is 31.8. The molecule has 18 heteroatoms. The van der Waals surface area contributed by atoms with E-state index in [1.807, 2.05) is 0 Å². The molecule has 2 heterocycles. The van der Waals surface area contributed by atoms with Gasteiger partial charge in [0.1, 0.15) is 25.4 Å². The van der Waals surface area contributed by atoms with Crippen molar-refractivity contribution in [1.29, 1.82) is 0 Å². The zero-order chi connectivity index (χ0) is 41.7. The predicted octanol–water partition coefficient (Wildman–Crippen LogP) is 0.641. The van der Waals surface area contributed by atoms with Crippen molar-refractivity contribution < 1.29 is 85.7 Å². The first-order valence-corrected chi connectivity index (χ1v) is 17.1. The van der Waals surface area contributed by atoms with Gasteiger partial charge in [-0.2, -0.15) is 0 Å². The molecule has 0 spiro atoms. The molecular weight excluding hydrogens is 744 g/mol. The second-order valence-electron chi connectivity index (χ2n) is 12.3. The number of hydrogen-bond donors (Lipinski definition) is 0. The Bertz CT molecular complexity index is 1670. The summed E-state index contributed by atoms with van der Waals surface area (Å²) in [6, 6.07) is 6.43. The minimum atomic E-state index is -1.44. The SMILES string of the molecule is CC(=O)OC[C@H]1O[C@@H](C#Cc2ccccc2C#C[C@@H]2O[C@H](COC(C)=O)[C@@H](OC(C)=O)[C@H](OC(C)=O)[C@H]2OC(C)=O)[C@H](OC(C)=O)[C@@H](OC(C)=O)[C@@H]1OC(C)=O. The number of rotatable bonds is 10. The number of benzene rings is 1. The summed E-state index contributed by atoms with van der Waals surface area (Å²) in [5.41, 5.74) is 0.553. The molecule has 3 rings (SSSR count). The zero-order valence-corrected chi connectivity index (χ0v) is 31.8. The molecule has 2 aliphatic rings. The summed E-state index contributed by atoms with van der Waals surface area (Å²) in [6.45, 7) is 7.96. The van der Waals surface area contributed by atoms with Gasteiger partial charge < -0.3 is 47.4 Å². The van der Waals surface area contributed by atoms with Gasteiger partial charge in [0.15, 0.2) is 48.8 Å². The van der Waals surface area contributed by atoms with Gasteiger partial charge >= 0.3 is 47.8 Å². The standard InChI is InChI=1S/C38H42O18/c1-19(39)47-17-31-35(51-23(5)43)37(53-25(7)45)33(49-21(3)41)29(55-31)15-13-27-11-9-10-12-28(27)14-16-30-34(50-22(4)42)38(54-26(8)46)36(52-24(6)44)32(56-30)18-48-20(2)40/h9-12,29-38H,17-18H2,1-8H3/t29-,30-,31+,32+,33-,34-,35+,36+,37+,38+/m0/s1. The summed E-state index contributed by atoms with van der Waals surface area (Å²) in [4.78, 5) is 96.4. The molecule has 0 aliphatic carbocycles. The predicted molar refractivity (Wildman–Crippen MR) is 184 cm³/mol. The first-order valence-electron chi connectivity index (χ1n) is 17.1. The van der Waals surface area contributed by atoms with E-state index in [0.717, 1.165) is 55.4 Å². The lowest BCUT2D eigenvalue weighted by Gasteiger charge is -2.43. The van der Waals surface area contributed by atoms with Crippen LogP contribution in [0, 0.1) is 23.7 Å². The fraction of sp³-hybridized carbons (Fsp3) is 0.526. The van der Waals surface area contributed by atoms with Crippen LogP contribution in [0.2, 0.25) is 0 Å². The molecule has 1 aromatic carbocycles. The molecule has 1 aromatic rings. The quantitative estimate of drug-likeness (QED) is 0.180. The molecule has 2 fully saturated rings. The smallest absolute Gasteiger partial charge is 0.303 e. The van der Waals surface area contributed by atoms with E-state index in [4.69, 9.17) is 47.4 Å². The molecule has 0 N–H and O–H groups in total. The lowest BCUT2D eigenvalue weighted by atomic mass is 9.93. The highest BCUT2D eigenvalue weighted by atomic mass is 16.7. The first-order chi connectivity index (χ1) is 26.4. The van der Waals surface area contributed by atoms with Gasteiger partial charge in [0, 0.05) is 66.5 Å². The highest BCUT2D eigenvalue weighted by Gasteiger charge is 2.53. The number of carbonyl (C=O) groups is 8. The van der Waals surface area contributed by atoms with Crippen molar-refractivity contribution in [2.24, 2.45) is 0 Å². The monoisotopic (exact) mass is 786 g/mol. The van der Waals surface area contributed by atoms with Crippen LogP contribution in [0.4, 0.5) is 0 Å². The third-order valence-electron chi connectivity index (χ3n) is 7.61. The third-order valence-corrected chi connectivity index (χ3v) is 7.61. The maximum absolute atomic E-state index is 12.2. The Hall–Kier alpha value is -5.98. The first kappa shape index (κ1) is 44.4. The van der Waals surface area contributed by atoms with E-state index in [0.29, 0.717) is 0 Å². The molecule has 56 heavy (non-hydrogen) atoms. The number of hydrogen-bond acceptors (Lipinski definition) is 18. The number of esters is 8. The van der Waals surface area contributed by atoms with Crippen LogP contribution in [0.1, 0.15) is 66.5 Å². The Labute approximate surface area is 322 Å². The van der Waals surface area contributed by atoms with Crippen LogP contribution in [0.5, 0.6) is 0 Å². The lowest BCUT2D eigenvalue weighted by molar-refractivity contribution is -0.243. The van der Waals surface area contributed by atoms with Crippen molar-refractivity contribution >= 4 is 47.8 Å². The van der Waals surface area contributed by atoms with Gasteiger partial charge in [-0.15, -0.1) is 0 Å². The molecular formula is C38H42O18. The van der Waals surface area contributed by atoms with Crippen molar-refractivity contribution in [1.82, 2.24) is 0 Å². The Kier molecular flexibility index (Phi) is 16.4. The van der Waals surface area contributed by atoms with Gasteiger partial charge in [-0.05, 0) is 12.1 Å². The van der Waals surface area contributed by atoms with Crippen molar-refractivity contribution in [3.8, 4) is 23.7 Å². The molecule has 0 bridgehead atoms. The average Bonchev–Trinajstić information content (AvgIpc) is 3.08. The van der Waals surface area contributed by atoms with Crippen LogP contribution < -0.4 is 0 Å². The van der Waals surface area contributed by atoms with Gasteiger partial charge in [-0.3, -0.25) is 38.4 Å². The van der Waals surface area contributed by atoms with E-state index in [2.05, 4.69) is 23.7 Å². The Morgan fingerprint density at radius 3 is 1.02 bits per heavy atom. The second-order valence-corrected chi connectivity index (χ2v) is 12.3. The molecule has 10 atom stereocenters. The molecule has 18 nitrogen and oxygen atoms in total. The largest absolute Gasteiger partial charge is 0.463 e. The molecule has 302 valence electrons.